The van der Waals surface area contributed by atoms with Crippen LogP contribution in [0.1, 0.15) is 22.3 Å². The Balaban J connectivity index is 1.56. The summed E-state index contributed by atoms with van der Waals surface area (Å²) in [6, 6.07) is 9.87. The summed E-state index contributed by atoms with van der Waals surface area (Å²) in [5.74, 6) is -2.76. The largest absolute Gasteiger partial charge is 0.273 e. The Kier molecular flexibility index (Phi) is 6.44. The molecular formula is C23H17Br2Cl2N3O5. The van der Waals surface area contributed by atoms with E-state index in [0.717, 1.165) is 22.5 Å². The average molecular weight is 646 g/mol. The molecule has 3 aliphatic rings. The summed E-state index contributed by atoms with van der Waals surface area (Å²) in [5, 5.41) is 13.9. The molecule has 3 amide bonds. The van der Waals surface area contributed by atoms with Gasteiger partial charge in [0.1, 0.15) is 0 Å². The van der Waals surface area contributed by atoms with Crippen molar-refractivity contribution < 1.29 is 19.3 Å². The first-order valence-electron chi connectivity index (χ1n) is 10.8. The molecule has 1 aliphatic heterocycles. The number of nitrogens with zero attached hydrogens (tertiary/aromatic N) is 3. The normalized spacial score (nSPS) is 29.0. The number of rotatable bonds is 5. The molecule has 0 spiro atoms. The molecule has 2 aromatic carbocycles. The van der Waals surface area contributed by atoms with E-state index in [1.807, 2.05) is 0 Å². The third kappa shape index (κ3) is 3.98. The van der Waals surface area contributed by atoms with Gasteiger partial charge in [-0.1, -0.05) is 67.2 Å². The first-order valence-corrected chi connectivity index (χ1v) is 13.3. The predicted octanol–water partition coefficient (Wildman–Crippen LogP) is 5.24. The Hall–Kier alpha value is -2.01. The van der Waals surface area contributed by atoms with Gasteiger partial charge in [0.2, 0.25) is 0 Å². The molecule has 8 nitrogen and oxygen atoms in total. The van der Waals surface area contributed by atoms with Gasteiger partial charge >= 0.3 is 0 Å². The van der Waals surface area contributed by atoms with Gasteiger partial charge in [-0.25, -0.2) is 5.01 Å². The highest BCUT2D eigenvalue weighted by Gasteiger charge is 2.67. The second kappa shape index (κ2) is 9.14. The number of alkyl halides is 2. The van der Waals surface area contributed by atoms with Gasteiger partial charge < -0.3 is 0 Å². The van der Waals surface area contributed by atoms with Crippen LogP contribution in [-0.2, 0) is 16.1 Å². The average Bonchev–Trinajstić information content (AvgIpc) is 3.43. The Morgan fingerprint density at radius 3 is 2.26 bits per heavy atom. The van der Waals surface area contributed by atoms with Gasteiger partial charge in [0.15, 0.2) is 0 Å². The molecule has 0 N–H and O–H groups in total. The van der Waals surface area contributed by atoms with Gasteiger partial charge in [0.25, 0.3) is 23.4 Å². The SMILES string of the molecule is O=C(c1cccc([N+](=O)[O-])c1)N(Cc1ccc(Cl)cc1Cl)N1C(=O)[C@@H]2[C@H]3C[C@@H]([C@@H](Br)[C@H]3Br)[C@H]2C1=O. The number of nitro benzene ring substituents is 1. The van der Waals surface area contributed by atoms with E-state index in [1.54, 1.807) is 12.1 Å². The monoisotopic (exact) mass is 643 g/mol. The Morgan fingerprint density at radius 2 is 1.69 bits per heavy atom. The van der Waals surface area contributed by atoms with Gasteiger partial charge in [-0.15, -0.1) is 0 Å². The molecule has 182 valence electrons. The number of carbonyl (C=O) groups is 3. The van der Waals surface area contributed by atoms with E-state index in [1.165, 1.54) is 24.3 Å². The van der Waals surface area contributed by atoms with Crippen LogP contribution < -0.4 is 0 Å². The third-order valence-electron chi connectivity index (χ3n) is 7.08. The molecule has 2 bridgehead atoms. The van der Waals surface area contributed by atoms with E-state index >= 15 is 0 Å². The van der Waals surface area contributed by atoms with Gasteiger partial charge in [-0.2, -0.15) is 5.01 Å². The lowest BCUT2D eigenvalue weighted by Gasteiger charge is -2.31. The topological polar surface area (TPSA) is 101 Å². The zero-order chi connectivity index (χ0) is 25.2. The number of hydrogen-bond acceptors (Lipinski definition) is 5. The maximum Gasteiger partial charge on any atom is 0.273 e. The Labute approximate surface area is 226 Å². The van der Waals surface area contributed by atoms with Gasteiger partial charge in [0.05, 0.1) is 23.3 Å². The second-order valence-electron chi connectivity index (χ2n) is 8.90. The molecule has 2 aromatic rings. The molecular weight excluding hydrogens is 629 g/mol. The zero-order valence-electron chi connectivity index (χ0n) is 17.8. The summed E-state index contributed by atoms with van der Waals surface area (Å²) in [6.07, 6.45) is 0.744. The molecule has 35 heavy (non-hydrogen) atoms. The molecule has 1 saturated heterocycles. The third-order valence-corrected chi connectivity index (χ3v) is 10.9. The van der Waals surface area contributed by atoms with Crippen LogP contribution in [0.5, 0.6) is 0 Å². The van der Waals surface area contributed by atoms with Crippen molar-refractivity contribution >= 4 is 78.5 Å². The fraction of sp³-hybridized carbons (Fsp3) is 0.348. The summed E-state index contributed by atoms with van der Waals surface area (Å²) in [4.78, 5) is 51.7. The quantitative estimate of drug-likeness (QED) is 0.192. The van der Waals surface area contributed by atoms with Crippen LogP contribution in [0.25, 0.3) is 0 Å². The van der Waals surface area contributed by atoms with Gasteiger partial charge in [-0.05, 0) is 42.0 Å². The fourth-order valence-electron chi connectivity index (χ4n) is 5.52. The Bertz CT molecular complexity index is 1250. The number of benzene rings is 2. The molecule has 6 atom stereocenters. The standard InChI is InChI=1S/C23H17Br2Cl2N3O5/c24-19-14-8-15(20(19)25)18-17(14)22(32)29(23(18)33)28(9-11-4-5-12(26)7-16(11)27)21(31)10-2-1-3-13(6-10)30(34)35/h1-7,14-15,17-20H,8-9H2/t14-,15-,17-,18-,19-,20+/m1/s1. The molecule has 0 radical (unpaired) electrons. The van der Waals surface area contributed by atoms with Crippen molar-refractivity contribution in [2.45, 2.75) is 22.6 Å². The fourth-order valence-corrected chi connectivity index (χ4v) is 7.86. The number of non-ortho nitro benzene ring substituents is 1. The van der Waals surface area contributed by atoms with Gasteiger partial charge in [-0.3, -0.25) is 24.5 Å². The molecule has 3 fully saturated rings. The van der Waals surface area contributed by atoms with Crippen LogP contribution in [0.2, 0.25) is 10.0 Å². The van der Waals surface area contributed by atoms with E-state index in [0.29, 0.717) is 10.6 Å². The molecule has 12 heteroatoms. The van der Waals surface area contributed by atoms with Crippen molar-refractivity contribution in [2.75, 3.05) is 0 Å². The number of hydrogen-bond donors (Lipinski definition) is 0. The lowest BCUT2D eigenvalue weighted by molar-refractivity contribution is -0.384. The van der Waals surface area contributed by atoms with Crippen LogP contribution in [0.4, 0.5) is 5.69 Å². The second-order valence-corrected chi connectivity index (χ2v) is 11.9. The van der Waals surface area contributed by atoms with Crippen molar-refractivity contribution in [1.82, 2.24) is 10.0 Å². The lowest BCUT2D eigenvalue weighted by atomic mass is 9.81. The smallest absolute Gasteiger partial charge is 0.272 e. The number of amides is 3. The molecule has 2 aliphatic carbocycles. The molecule has 1 heterocycles. The summed E-state index contributed by atoms with van der Waals surface area (Å²) < 4.78 is 0. The molecule has 0 aromatic heterocycles. The zero-order valence-corrected chi connectivity index (χ0v) is 22.5. The minimum atomic E-state index is -0.723. The molecule has 2 saturated carbocycles. The maximum atomic E-state index is 13.7. The van der Waals surface area contributed by atoms with Crippen molar-refractivity contribution in [3.05, 3.63) is 73.8 Å². The highest BCUT2D eigenvalue weighted by atomic mass is 79.9. The number of fused-ring (bicyclic) bond motifs is 5. The maximum absolute atomic E-state index is 13.7. The number of hydrazine groups is 1. The number of nitro groups is 1. The van der Waals surface area contributed by atoms with Crippen molar-refractivity contribution in [2.24, 2.45) is 23.7 Å². The van der Waals surface area contributed by atoms with E-state index in [4.69, 9.17) is 23.2 Å². The Morgan fingerprint density at radius 1 is 1.06 bits per heavy atom. The van der Waals surface area contributed by atoms with Crippen LogP contribution in [-0.4, -0.2) is 42.3 Å². The minimum absolute atomic E-state index is 0.0262. The summed E-state index contributed by atoms with van der Waals surface area (Å²) in [7, 11) is 0. The van der Waals surface area contributed by atoms with Crippen LogP contribution in [0.15, 0.2) is 42.5 Å². The summed E-state index contributed by atoms with van der Waals surface area (Å²) in [5.41, 5.74) is 0.160. The lowest BCUT2D eigenvalue weighted by Crippen LogP contribution is -2.50. The van der Waals surface area contributed by atoms with Crippen molar-refractivity contribution in [3.63, 3.8) is 0 Å². The van der Waals surface area contributed by atoms with Gasteiger partial charge in [0, 0.05) is 37.4 Å². The van der Waals surface area contributed by atoms with E-state index in [2.05, 4.69) is 31.9 Å². The number of imide groups is 1. The summed E-state index contributed by atoms with van der Waals surface area (Å²) in [6.45, 7) is -0.195. The van der Waals surface area contributed by atoms with Crippen molar-refractivity contribution in [1.29, 1.82) is 0 Å². The first kappa shape index (κ1) is 24.7. The van der Waals surface area contributed by atoms with Crippen molar-refractivity contribution in [3.8, 4) is 0 Å². The van der Waals surface area contributed by atoms with E-state index in [9.17, 15) is 24.5 Å². The van der Waals surface area contributed by atoms with E-state index < -0.39 is 34.5 Å². The number of carbonyl (C=O) groups excluding carboxylic acids is 3. The van der Waals surface area contributed by atoms with E-state index in [-0.39, 0.29) is 44.3 Å². The summed E-state index contributed by atoms with van der Waals surface area (Å²) >= 11 is 19.7. The van der Waals surface area contributed by atoms with Crippen LogP contribution in [0.3, 0.4) is 0 Å². The first-order chi connectivity index (χ1) is 16.6. The highest BCUT2D eigenvalue weighted by molar-refractivity contribution is 9.12. The molecule has 5 rings (SSSR count). The highest BCUT2D eigenvalue weighted by Crippen LogP contribution is 2.60. The minimum Gasteiger partial charge on any atom is -0.272 e. The molecule has 0 unspecified atom stereocenters. The number of halogens is 4. The predicted molar refractivity (Wildman–Crippen MR) is 135 cm³/mol. The van der Waals surface area contributed by atoms with Crippen LogP contribution in [0, 0.1) is 33.8 Å². The van der Waals surface area contributed by atoms with Crippen LogP contribution >= 0.6 is 55.1 Å².